The molecule has 1 aromatic heterocycles. The predicted octanol–water partition coefficient (Wildman–Crippen LogP) is 6.49. The Labute approximate surface area is 249 Å². The van der Waals surface area contributed by atoms with Crippen LogP contribution in [0.3, 0.4) is 0 Å². The number of fused-ring (bicyclic) bond motifs is 1. The van der Waals surface area contributed by atoms with Crippen LogP contribution in [0.5, 0.6) is 11.5 Å². The lowest BCUT2D eigenvalue weighted by Gasteiger charge is -2.23. The maximum Gasteiger partial charge on any atom is 0.301 e. The summed E-state index contributed by atoms with van der Waals surface area (Å²) in [4.78, 5) is 28.4. The Morgan fingerprint density at radius 1 is 1.02 bits per heavy atom. The molecule has 6 rings (SSSR count). The summed E-state index contributed by atoms with van der Waals surface area (Å²) in [6, 6.07) is 17.8. The Hall–Kier alpha value is -4.22. The van der Waals surface area contributed by atoms with Gasteiger partial charge < -0.3 is 14.6 Å². The number of halogens is 1. The van der Waals surface area contributed by atoms with Crippen molar-refractivity contribution in [3.8, 4) is 11.5 Å². The average Bonchev–Trinajstić information content (AvgIpc) is 3.58. The second-order valence-corrected chi connectivity index (χ2v) is 12.3. The molecule has 1 saturated heterocycles. The number of Topliss-reactive ketones (excluding diaryl/α,β-unsaturated/α-hetero) is 1. The molecule has 214 valence electrons. The lowest BCUT2D eigenvalue weighted by molar-refractivity contribution is -0.132. The number of carbonyl (C=O) groups is 2. The number of aliphatic hydroxyl groups is 1. The zero-order valence-electron chi connectivity index (χ0n) is 22.7. The Morgan fingerprint density at radius 2 is 1.74 bits per heavy atom. The van der Waals surface area contributed by atoms with Gasteiger partial charge in [-0.2, -0.15) is 0 Å². The van der Waals surface area contributed by atoms with E-state index < -0.39 is 17.7 Å². The first-order valence-corrected chi connectivity index (χ1v) is 15.1. The fraction of sp³-hybridized carbons (Fsp3) is 0.226. The van der Waals surface area contributed by atoms with Gasteiger partial charge in [-0.1, -0.05) is 73.3 Å². The number of nitrogens with zero attached hydrogens (tertiary/aromatic N) is 3. The molecule has 0 bridgehead atoms. The molecule has 2 aliphatic rings. The van der Waals surface area contributed by atoms with Gasteiger partial charge in [0.15, 0.2) is 15.8 Å². The fourth-order valence-electron chi connectivity index (χ4n) is 4.84. The van der Waals surface area contributed by atoms with Crippen molar-refractivity contribution in [3.63, 3.8) is 0 Å². The molecular formula is C31H26FN3O5S2. The molecule has 1 N–H and O–H groups in total. The lowest BCUT2D eigenvalue weighted by atomic mass is 9.93. The van der Waals surface area contributed by atoms with Crippen molar-refractivity contribution in [2.45, 2.75) is 35.9 Å². The van der Waals surface area contributed by atoms with Crippen molar-refractivity contribution in [2.75, 3.05) is 18.1 Å². The van der Waals surface area contributed by atoms with Crippen molar-refractivity contribution in [1.82, 2.24) is 10.2 Å². The van der Waals surface area contributed by atoms with Gasteiger partial charge in [-0.3, -0.25) is 14.5 Å². The summed E-state index contributed by atoms with van der Waals surface area (Å²) in [6.07, 6.45) is 0. The van der Waals surface area contributed by atoms with Gasteiger partial charge in [0.1, 0.15) is 24.8 Å². The van der Waals surface area contributed by atoms with Crippen LogP contribution in [0.15, 0.2) is 76.6 Å². The molecule has 1 fully saturated rings. The maximum atomic E-state index is 13.6. The van der Waals surface area contributed by atoms with Gasteiger partial charge in [0.05, 0.1) is 11.6 Å². The van der Waals surface area contributed by atoms with Crippen LogP contribution in [0.2, 0.25) is 0 Å². The molecule has 11 heteroatoms. The molecular weight excluding hydrogens is 577 g/mol. The van der Waals surface area contributed by atoms with E-state index in [0.29, 0.717) is 45.9 Å². The Morgan fingerprint density at radius 3 is 2.45 bits per heavy atom. The summed E-state index contributed by atoms with van der Waals surface area (Å²) in [5, 5.41) is 20.2. The molecule has 1 amide bonds. The van der Waals surface area contributed by atoms with Crippen LogP contribution in [0, 0.1) is 5.82 Å². The summed E-state index contributed by atoms with van der Waals surface area (Å²) in [5.41, 5.74) is 2.92. The van der Waals surface area contributed by atoms with Crippen LogP contribution < -0.4 is 14.4 Å². The topological polar surface area (TPSA) is 102 Å². The number of ether oxygens (including phenoxy) is 2. The van der Waals surface area contributed by atoms with Crippen LogP contribution in [-0.4, -0.2) is 40.2 Å². The molecule has 0 spiro atoms. The first-order valence-electron chi connectivity index (χ1n) is 13.3. The summed E-state index contributed by atoms with van der Waals surface area (Å²) in [5.74, 6) is -0.460. The van der Waals surface area contributed by atoms with Gasteiger partial charge >= 0.3 is 5.91 Å². The molecule has 3 heterocycles. The van der Waals surface area contributed by atoms with E-state index in [4.69, 9.17) is 9.47 Å². The average molecular weight is 604 g/mol. The normalized spacial score (nSPS) is 17.7. The molecule has 0 unspecified atom stereocenters. The van der Waals surface area contributed by atoms with E-state index in [1.54, 1.807) is 30.3 Å². The number of thioether (sulfide) groups is 1. The van der Waals surface area contributed by atoms with Gasteiger partial charge in [0.25, 0.3) is 5.78 Å². The lowest BCUT2D eigenvalue weighted by Crippen LogP contribution is -2.29. The number of hydrogen-bond donors (Lipinski definition) is 1. The molecule has 0 aliphatic carbocycles. The summed E-state index contributed by atoms with van der Waals surface area (Å²) in [7, 11) is 0. The van der Waals surface area contributed by atoms with E-state index in [0.717, 1.165) is 11.1 Å². The third-order valence-electron chi connectivity index (χ3n) is 7.06. The number of aromatic nitrogens is 2. The highest BCUT2D eigenvalue weighted by Gasteiger charge is 2.48. The van der Waals surface area contributed by atoms with E-state index >= 15 is 0 Å². The highest BCUT2D eigenvalue weighted by atomic mass is 32.2. The molecule has 1 atom stereocenters. The minimum Gasteiger partial charge on any atom is -0.507 e. The molecule has 2 aliphatic heterocycles. The monoisotopic (exact) mass is 603 g/mol. The smallest absolute Gasteiger partial charge is 0.301 e. The largest absolute Gasteiger partial charge is 0.507 e. The minimum atomic E-state index is -0.928. The number of carbonyl (C=O) groups excluding carboxylic acids is 2. The zero-order chi connectivity index (χ0) is 29.4. The number of benzene rings is 3. The molecule has 0 saturated carbocycles. The van der Waals surface area contributed by atoms with Gasteiger partial charge in [-0.05, 0) is 52.9 Å². The number of ketones is 1. The third kappa shape index (κ3) is 5.37. The first-order chi connectivity index (χ1) is 20.3. The fourth-order valence-corrected chi connectivity index (χ4v) is 6.66. The summed E-state index contributed by atoms with van der Waals surface area (Å²) in [6.45, 7) is 4.94. The van der Waals surface area contributed by atoms with Gasteiger partial charge in [0.2, 0.25) is 5.13 Å². The quantitative estimate of drug-likeness (QED) is 0.0841. The third-order valence-corrected chi connectivity index (χ3v) is 9.18. The van der Waals surface area contributed by atoms with Crippen LogP contribution in [0.4, 0.5) is 9.52 Å². The van der Waals surface area contributed by atoms with E-state index in [-0.39, 0.29) is 28.2 Å². The van der Waals surface area contributed by atoms with Crippen molar-refractivity contribution >= 4 is 45.7 Å². The van der Waals surface area contributed by atoms with Gasteiger partial charge in [-0.15, -0.1) is 10.2 Å². The Balaban J connectivity index is 1.39. The summed E-state index contributed by atoms with van der Waals surface area (Å²) >= 11 is 2.56. The second-order valence-electron chi connectivity index (χ2n) is 10.1. The Kier molecular flexibility index (Phi) is 7.70. The van der Waals surface area contributed by atoms with Crippen LogP contribution in [0.25, 0.3) is 5.76 Å². The summed E-state index contributed by atoms with van der Waals surface area (Å²) < 4.78 is 25.1. The van der Waals surface area contributed by atoms with Gasteiger partial charge in [0, 0.05) is 11.3 Å². The standard InChI is InChI=1S/C31H26FN3O5S2/c1-17(2)19-5-7-20(8-6-19)26-25(27(36)21-9-12-23-24(15-21)40-14-13-39-23)28(37)29(38)35(26)30-33-34-31(42-30)41-16-18-3-10-22(32)11-4-18/h3-12,15,17,26,36H,13-14,16H2,1-2H3/t26-/m1/s1. The Bertz CT molecular complexity index is 1690. The number of hydrogen-bond acceptors (Lipinski definition) is 9. The van der Waals surface area contributed by atoms with E-state index in [2.05, 4.69) is 24.0 Å². The minimum absolute atomic E-state index is 0.0512. The number of aliphatic hydroxyl groups excluding tert-OH is 1. The van der Waals surface area contributed by atoms with Crippen LogP contribution >= 0.6 is 23.1 Å². The van der Waals surface area contributed by atoms with E-state index in [9.17, 15) is 19.1 Å². The highest BCUT2D eigenvalue weighted by molar-refractivity contribution is 8.00. The number of anilines is 1. The van der Waals surface area contributed by atoms with Crippen molar-refractivity contribution < 1.29 is 28.6 Å². The number of rotatable bonds is 7. The highest BCUT2D eigenvalue weighted by Crippen LogP contribution is 2.45. The predicted molar refractivity (Wildman–Crippen MR) is 159 cm³/mol. The second kappa shape index (κ2) is 11.6. The van der Waals surface area contributed by atoms with Crippen molar-refractivity contribution in [3.05, 3.63) is 100 Å². The van der Waals surface area contributed by atoms with Crippen molar-refractivity contribution in [2.24, 2.45) is 0 Å². The SMILES string of the molecule is CC(C)c1ccc([C@@H]2C(=C(O)c3ccc4c(c3)OCCO4)C(=O)C(=O)N2c2nnc(SCc3ccc(F)cc3)s2)cc1. The van der Waals surface area contributed by atoms with Crippen LogP contribution in [0.1, 0.15) is 48.1 Å². The van der Waals surface area contributed by atoms with E-state index in [1.165, 1.54) is 40.1 Å². The molecule has 4 aromatic rings. The van der Waals surface area contributed by atoms with Crippen LogP contribution in [-0.2, 0) is 15.3 Å². The number of amides is 1. The zero-order valence-corrected chi connectivity index (χ0v) is 24.4. The van der Waals surface area contributed by atoms with Crippen molar-refractivity contribution in [1.29, 1.82) is 0 Å². The van der Waals surface area contributed by atoms with E-state index in [1.807, 2.05) is 24.3 Å². The molecule has 8 nitrogen and oxygen atoms in total. The maximum absolute atomic E-state index is 13.6. The molecule has 0 radical (unpaired) electrons. The van der Waals surface area contributed by atoms with Gasteiger partial charge in [-0.25, -0.2) is 4.39 Å². The molecule has 42 heavy (non-hydrogen) atoms. The first kappa shape index (κ1) is 27.9. The molecule has 3 aromatic carbocycles.